The Morgan fingerprint density at radius 3 is 2.23 bits per heavy atom. The van der Waals surface area contributed by atoms with Crippen LogP contribution in [-0.2, 0) is 11.3 Å². The van der Waals surface area contributed by atoms with Gasteiger partial charge in [0.2, 0.25) is 0 Å². The number of carbonyl (C=O) groups is 2. The molecule has 1 aliphatic heterocycles. The number of ether oxygens (including phenoxy) is 2. The highest BCUT2D eigenvalue weighted by molar-refractivity contribution is 8.18. The molecule has 156 valence electrons. The number of hydrogen-bond donors (Lipinski definition) is 0. The van der Waals surface area contributed by atoms with Gasteiger partial charge in [0.15, 0.2) is 0 Å². The zero-order valence-corrected chi connectivity index (χ0v) is 18.0. The summed E-state index contributed by atoms with van der Waals surface area (Å²) >= 11 is 0.965. The largest absolute Gasteiger partial charge is 0.497 e. The van der Waals surface area contributed by atoms with Crippen LogP contribution in [-0.4, -0.2) is 30.3 Å². The van der Waals surface area contributed by atoms with Crippen molar-refractivity contribution in [3.63, 3.8) is 0 Å². The second-order valence-corrected chi connectivity index (χ2v) is 7.97. The van der Waals surface area contributed by atoms with Gasteiger partial charge in [-0.15, -0.1) is 0 Å². The Morgan fingerprint density at radius 1 is 0.839 bits per heavy atom. The van der Waals surface area contributed by atoms with Gasteiger partial charge in [-0.05, 0) is 70.4 Å². The molecule has 0 N–H and O–H groups in total. The first-order valence-corrected chi connectivity index (χ1v) is 10.5. The van der Waals surface area contributed by atoms with E-state index in [1.807, 2.05) is 72.8 Å². The third-order valence-corrected chi connectivity index (χ3v) is 5.87. The molecule has 5 nitrogen and oxygen atoms in total. The average molecular weight is 432 g/mol. The molecular weight excluding hydrogens is 410 g/mol. The van der Waals surface area contributed by atoms with Gasteiger partial charge < -0.3 is 9.47 Å². The third kappa shape index (κ3) is 4.64. The second kappa shape index (κ2) is 9.10. The van der Waals surface area contributed by atoms with Crippen LogP contribution in [0, 0.1) is 0 Å². The maximum atomic E-state index is 12.9. The number of methoxy groups -OCH3 is 2. The molecule has 1 aliphatic rings. The van der Waals surface area contributed by atoms with E-state index in [-0.39, 0.29) is 17.7 Å². The molecule has 0 aromatic heterocycles. The van der Waals surface area contributed by atoms with Crippen molar-refractivity contribution < 1.29 is 19.1 Å². The van der Waals surface area contributed by atoms with Gasteiger partial charge in [0.25, 0.3) is 11.1 Å². The molecule has 1 heterocycles. The van der Waals surface area contributed by atoms with E-state index in [1.165, 1.54) is 4.90 Å². The van der Waals surface area contributed by atoms with Crippen LogP contribution in [0.4, 0.5) is 4.79 Å². The van der Waals surface area contributed by atoms with Crippen molar-refractivity contribution in [2.75, 3.05) is 14.2 Å². The molecule has 3 aromatic rings. The van der Waals surface area contributed by atoms with Gasteiger partial charge in [-0.25, -0.2) is 0 Å². The number of thioether (sulfide) groups is 1. The normalized spacial score (nSPS) is 14.9. The van der Waals surface area contributed by atoms with Crippen LogP contribution in [0.15, 0.2) is 77.7 Å². The molecule has 1 saturated heterocycles. The Balaban J connectivity index is 1.55. The summed E-state index contributed by atoms with van der Waals surface area (Å²) in [5.41, 5.74) is 3.74. The Bertz CT molecular complexity index is 1150. The van der Waals surface area contributed by atoms with Crippen molar-refractivity contribution in [3.8, 4) is 22.6 Å². The lowest BCUT2D eigenvalue weighted by Crippen LogP contribution is -2.27. The fourth-order valence-corrected chi connectivity index (χ4v) is 4.15. The number of benzene rings is 3. The Morgan fingerprint density at radius 2 is 1.52 bits per heavy atom. The number of nitrogens with zero attached hydrogens (tertiary/aromatic N) is 1. The highest BCUT2D eigenvalue weighted by Gasteiger charge is 2.34. The van der Waals surface area contributed by atoms with Gasteiger partial charge in [-0.1, -0.05) is 42.5 Å². The summed E-state index contributed by atoms with van der Waals surface area (Å²) in [7, 11) is 3.23. The Labute approximate surface area is 185 Å². The number of amides is 2. The molecule has 0 unspecified atom stereocenters. The fraction of sp³-hybridized carbons (Fsp3) is 0.120. The molecular formula is C25H21NO4S. The van der Waals surface area contributed by atoms with Crippen LogP contribution in [0.5, 0.6) is 11.5 Å². The summed E-state index contributed by atoms with van der Waals surface area (Å²) in [5, 5.41) is -0.268. The minimum atomic E-state index is -0.280. The van der Waals surface area contributed by atoms with Crippen molar-refractivity contribution in [1.82, 2.24) is 4.90 Å². The molecule has 4 rings (SSSR count). The van der Waals surface area contributed by atoms with Crippen LogP contribution < -0.4 is 9.47 Å². The van der Waals surface area contributed by atoms with E-state index in [9.17, 15) is 9.59 Å². The summed E-state index contributed by atoms with van der Waals surface area (Å²) in [6, 6.07) is 23.0. The smallest absolute Gasteiger partial charge is 0.293 e. The van der Waals surface area contributed by atoms with Gasteiger partial charge in [-0.3, -0.25) is 14.5 Å². The quantitative estimate of drug-likeness (QED) is 0.475. The van der Waals surface area contributed by atoms with Crippen LogP contribution in [0.3, 0.4) is 0 Å². The summed E-state index contributed by atoms with van der Waals surface area (Å²) < 4.78 is 10.5. The van der Waals surface area contributed by atoms with Crippen LogP contribution in [0.1, 0.15) is 11.1 Å². The van der Waals surface area contributed by atoms with Crippen molar-refractivity contribution in [3.05, 3.63) is 88.8 Å². The predicted octanol–water partition coefficient (Wildman–Crippen LogP) is 5.61. The van der Waals surface area contributed by atoms with Gasteiger partial charge in [0.1, 0.15) is 11.5 Å². The predicted molar refractivity (Wildman–Crippen MR) is 123 cm³/mol. The van der Waals surface area contributed by atoms with Crippen molar-refractivity contribution in [2.45, 2.75) is 6.54 Å². The summed E-state index contributed by atoms with van der Waals surface area (Å²) in [5.74, 6) is 1.23. The standard InChI is InChI=1S/C25H21NO4S/c1-29-21-11-9-17(10-12-21)16-26-24(27)23(31-25(26)28)14-18-5-3-6-19(13-18)20-7-4-8-22(15-20)30-2/h3-15H,16H2,1-2H3/b23-14-. The Kier molecular flexibility index (Phi) is 6.09. The maximum Gasteiger partial charge on any atom is 0.293 e. The summed E-state index contributed by atoms with van der Waals surface area (Å²) in [4.78, 5) is 27.0. The lowest BCUT2D eigenvalue weighted by Gasteiger charge is -2.12. The van der Waals surface area contributed by atoms with E-state index in [2.05, 4.69) is 0 Å². The first-order valence-electron chi connectivity index (χ1n) is 9.70. The number of imide groups is 1. The zero-order valence-electron chi connectivity index (χ0n) is 17.2. The minimum Gasteiger partial charge on any atom is -0.497 e. The van der Waals surface area contributed by atoms with E-state index < -0.39 is 0 Å². The highest BCUT2D eigenvalue weighted by atomic mass is 32.2. The summed E-state index contributed by atoms with van der Waals surface area (Å²) in [6.07, 6.45) is 1.77. The topological polar surface area (TPSA) is 55.8 Å². The van der Waals surface area contributed by atoms with Crippen LogP contribution >= 0.6 is 11.8 Å². The van der Waals surface area contributed by atoms with E-state index in [0.29, 0.717) is 4.91 Å². The molecule has 0 bridgehead atoms. The van der Waals surface area contributed by atoms with Crippen LogP contribution in [0.2, 0.25) is 0 Å². The summed E-state index contributed by atoms with van der Waals surface area (Å²) in [6.45, 7) is 0.232. The van der Waals surface area contributed by atoms with Gasteiger partial charge in [-0.2, -0.15) is 0 Å². The molecule has 31 heavy (non-hydrogen) atoms. The highest BCUT2D eigenvalue weighted by Crippen LogP contribution is 2.34. The molecule has 6 heteroatoms. The second-order valence-electron chi connectivity index (χ2n) is 6.97. The maximum absolute atomic E-state index is 12.9. The molecule has 0 spiro atoms. The van der Waals surface area contributed by atoms with Gasteiger partial charge in [0.05, 0.1) is 25.7 Å². The van der Waals surface area contributed by atoms with Gasteiger partial charge in [0, 0.05) is 0 Å². The van der Waals surface area contributed by atoms with E-state index in [0.717, 1.165) is 45.5 Å². The fourth-order valence-electron chi connectivity index (χ4n) is 3.31. The van der Waals surface area contributed by atoms with Crippen molar-refractivity contribution >= 4 is 29.0 Å². The first kappa shape index (κ1) is 20.8. The monoisotopic (exact) mass is 431 g/mol. The molecule has 0 atom stereocenters. The Hall–Kier alpha value is -3.51. The number of carbonyl (C=O) groups excluding carboxylic acids is 2. The lowest BCUT2D eigenvalue weighted by molar-refractivity contribution is -0.123. The average Bonchev–Trinajstić information content (AvgIpc) is 3.07. The molecule has 2 amide bonds. The molecule has 0 saturated carbocycles. The third-order valence-electron chi connectivity index (χ3n) is 4.96. The van der Waals surface area contributed by atoms with E-state index in [4.69, 9.17) is 9.47 Å². The minimum absolute atomic E-state index is 0.232. The molecule has 1 fully saturated rings. The molecule has 3 aromatic carbocycles. The van der Waals surface area contributed by atoms with Crippen molar-refractivity contribution in [2.24, 2.45) is 0 Å². The van der Waals surface area contributed by atoms with Crippen molar-refractivity contribution in [1.29, 1.82) is 0 Å². The first-order chi connectivity index (χ1) is 15.1. The van der Waals surface area contributed by atoms with Gasteiger partial charge >= 0.3 is 0 Å². The lowest BCUT2D eigenvalue weighted by atomic mass is 10.0. The molecule has 0 radical (unpaired) electrons. The number of hydrogen-bond acceptors (Lipinski definition) is 5. The number of rotatable bonds is 6. The molecule has 0 aliphatic carbocycles. The SMILES string of the molecule is COc1ccc(CN2C(=O)S/C(=C\c3cccc(-c4cccc(OC)c4)c3)C2=O)cc1. The van der Waals surface area contributed by atoms with E-state index >= 15 is 0 Å². The zero-order chi connectivity index (χ0) is 21.8. The van der Waals surface area contributed by atoms with E-state index in [1.54, 1.807) is 20.3 Å². The van der Waals surface area contributed by atoms with Crippen LogP contribution in [0.25, 0.3) is 17.2 Å².